The first-order valence-corrected chi connectivity index (χ1v) is 20.6. The van der Waals surface area contributed by atoms with Gasteiger partial charge in [-0.05, 0) is 114 Å². The van der Waals surface area contributed by atoms with Crippen molar-refractivity contribution in [2.75, 3.05) is 28.4 Å². The Morgan fingerprint density at radius 1 is 0.508 bits per heavy atom. The number of fused-ring (bicyclic) bond motifs is 2. The number of benzene rings is 6. The smallest absolute Gasteiger partial charge is 0.261 e. The van der Waals surface area contributed by atoms with Gasteiger partial charge in [-0.1, -0.05) is 48.5 Å². The number of carbonyl (C=O) groups excluding carboxylic acids is 2. The van der Waals surface area contributed by atoms with Crippen molar-refractivity contribution in [3.8, 4) is 23.0 Å². The number of aromatic nitrogens is 4. The molecule has 0 saturated heterocycles. The first-order valence-electron chi connectivity index (χ1n) is 20.6. The minimum absolute atomic E-state index is 0.182. The standard InChI is InChI=1S/C26H25N3O4.C25H23N3O4/c1-17-28-24-13-8-20(25(30)27-15-18-4-9-21(32-2)10-5-18)14-23(24)26(31)29(17)16-19-6-11-22(33-3)12-7-19;1-31-20-8-3-17(4-9-20)14-26-24(29)19-7-12-23-22(13-19)25(30)28(16-27-23)15-18-5-10-21(32-2)11-6-18/h4-14H,15-16H2,1-3H3,(H,27,30);3-13,16H,14-15H2,1-2H3,(H,26,29). The van der Waals surface area contributed by atoms with Crippen molar-refractivity contribution in [2.24, 2.45) is 0 Å². The van der Waals surface area contributed by atoms with E-state index in [1.807, 2.05) is 97.1 Å². The van der Waals surface area contributed by atoms with Gasteiger partial charge in [0.25, 0.3) is 22.9 Å². The van der Waals surface area contributed by atoms with Crippen LogP contribution in [-0.4, -0.2) is 59.4 Å². The maximum Gasteiger partial charge on any atom is 0.261 e. The molecule has 6 aromatic carbocycles. The van der Waals surface area contributed by atoms with E-state index in [0.717, 1.165) is 45.3 Å². The van der Waals surface area contributed by atoms with Crippen LogP contribution >= 0.6 is 0 Å². The largest absolute Gasteiger partial charge is 0.497 e. The number of nitrogens with zero attached hydrogens (tertiary/aromatic N) is 4. The summed E-state index contributed by atoms with van der Waals surface area (Å²) in [6, 6.07) is 39.9. The van der Waals surface area contributed by atoms with E-state index in [9.17, 15) is 19.2 Å². The average molecular weight is 873 g/mol. The summed E-state index contributed by atoms with van der Waals surface area (Å²) in [5, 5.41) is 6.58. The van der Waals surface area contributed by atoms with Crippen LogP contribution in [0.4, 0.5) is 0 Å². The lowest BCUT2D eigenvalue weighted by molar-refractivity contribution is 0.0943. The van der Waals surface area contributed by atoms with Crippen molar-refractivity contribution in [1.29, 1.82) is 0 Å². The third kappa shape index (κ3) is 11.0. The molecule has 0 aliphatic rings. The van der Waals surface area contributed by atoms with Crippen molar-refractivity contribution in [3.63, 3.8) is 0 Å². The van der Waals surface area contributed by atoms with Gasteiger partial charge in [0.15, 0.2) is 0 Å². The van der Waals surface area contributed by atoms with E-state index in [2.05, 4.69) is 20.6 Å². The lowest BCUT2D eigenvalue weighted by Crippen LogP contribution is -2.26. The van der Waals surface area contributed by atoms with Gasteiger partial charge in [0.05, 0.1) is 69.7 Å². The molecule has 2 aromatic heterocycles. The topological polar surface area (TPSA) is 165 Å². The summed E-state index contributed by atoms with van der Waals surface area (Å²) in [4.78, 5) is 60.6. The SMILES string of the molecule is COc1ccc(CNC(=O)c2ccc3nc(C)n(Cc4ccc(OC)cc4)c(=O)c3c2)cc1.COc1ccc(CNC(=O)c2ccc3ncn(Cc4ccc(OC)cc4)c(=O)c3c2)cc1. The molecule has 0 spiro atoms. The zero-order valence-corrected chi connectivity index (χ0v) is 36.7. The van der Waals surface area contributed by atoms with Gasteiger partial charge in [-0.15, -0.1) is 0 Å². The first kappa shape index (κ1) is 44.8. The monoisotopic (exact) mass is 872 g/mol. The summed E-state index contributed by atoms with van der Waals surface area (Å²) in [5.74, 6) is 3.12. The average Bonchev–Trinajstić information content (AvgIpc) is 3.35. The number of rotatable bonds is 14. The zero-order valence-electron chi connectivity index (χ0n) is 36.7. The van der Waals surface area contributed by atoms with Crippen LogP contribution in [0.3, 0.4) is 0 Å². The van der Waals surface area contributed by atoms with Crippen LogP contribution in [0.2, 0.25) is 0 Å². The number of methoxy groups -OCH3 is 4. The number of amides is 2. The maximum atomic E-state index is 13.2. The molecule has 0 saturated carbocycles. The lowest BCUT2D eigenvalue weighted by Gasteiger charge is -2.12. The molecule has 14 heteroatoms. The van der Waals surface area contributed by atoms with Gasteiger partial charge < -0.3 is 29.6 Å². The molecule has 0 unspecified atom stereocenters. The normalized spacial score (nSPS) is 10.7. The van der Waals surface area contributed by atoms with E-state index in [1.54, 1.807) is 76.3 Å². The molecule has 0 atom stereocenters. The van der Waals surface area contributed by atoms with Crippen molar-refractivity contribution < 1.29 is 28.5 Å². The minimum Gasteiger partial charge on any atom is -0.497 e. The van der Waals surface area contributed by atoms with E-state index < -0.39 is 0 Å². The molecular weight excluding hydrogens is 825 g/mol. The van der Waals surface area contributed by atoms with Crippen molar-refractivity contribution >= 4 is 33.6 Å². The molecule has 0 radical (unpaired) electrons. The second-order valence-corrected chi connectivity index (χ2v) is 14.9. The molecule has 0 aliphatic heterocycles. The second kappa shape index (κ2) is 20.7. The highest BCUT2D eigenvalue weighted by Gasteiger charge is 2.14. The molecule has 2 amide bonds. The molecule has 2 N–H and O–H groups in total. The number of hydrogen-bond acceptors (Lipinski definition) is 10. The Bertz CT molecular complexity index is 3060. The molecule has 330 valence electrons. The summed E-state index contributed by atoms with van der Waals surface area (Å²) < 4.78 is 23.8. The van der Waals surface area contributed by atoms with Crippen molar-refractivity contribution in [2.45, 2.75) is 33.1 Å². The van der Waals surface area contributed by atoms with Crippen LogP contribution in [0.15, 0.2) is 149 Å². The predicted octanol–water partition coefficient (Wildman–Crippen LogP) is 7.09. The number of ether oxygens (including phenoxy) is 4. The zero-order chi connectivity index (χ0) is 45.9. The third-order valence-electron chi connectivity index (χ3n) is 10.7. The van der Waals surface area contributed by atoms with Gasteiger partial charge in [0, 0.05) is 24.2 Å². The highest BCUT2D eigenvalue weighted by molar-refractivity contribution is 5.98. The molecule has 8 rings (SSSR count). The Morgan fingerprint density at radius 3 is 1.35 bits per heavy atom. The number of aryl methyl sites for hydroxylation is 1. The fraction of sp³-hybridized carbons (Fsp3) is 0.176. The van der Waals surface area contributed by atoms with Gasteiger partial charge >= 0.3 is 0 Å². The van der Waals surface area contributed by atoms with E-state index in [0.29, 0.717) is 64.9 Å². The second-order valence-electron chi connectivity index (χ2n) is 14.9. The van der Waals surface area contributed by atoms with E-state index >= 15 is 0 Å². The number of nitrogens with one attached hydrogen (secondary N) is 2. The Kier molecular flexibility index (Phi) is 14.3. The summed E-state index contributed by atoms with van der Waals surface area (Å²) in [7, 11) is 6.44. The van der Waals surface area contributed by atoms with Gasteiger partial charge in [0.2, 0.25) is 0 Å². The molecule has 8 aromatic rings. The van der Waals surface area contributed by atoms with Crippen LogP contribution in [0, 0.1) is 6.92 Å². The van der Waals surface area contributed by atoms with Gasteiger partial charge in [-0.3, -0.25) is 28.3 Å². The fourth-order valence-electron chi connectivity index (χ4n) is 6.97. The molecule has 0 bridgehead atoms. The quantitative estimate of drug-likeness (QED) is 0.115. The molecule has 14 nitrogen and oxygen atoms in total. The molecule has 2 heterocycles. The van der Waals surface area contributed by atoms with Crippen molar-refractivity contribution in [3.05, 3.63) is 200 Å². The maximum absolute atomic E-state index is 13.2. The van der Waals surface area contributed by atoms with E-state index in [4.69, 9.17) is 18.9 Å². The van der Waals surface area contributed by atoms with Crippen LogP contribution in [0.25, 0.3) is 21.8 Å². The number of hydrogen-bond donors (Lipinski definition) is 2. The van der Waals surface area contributed by atoms with Crippen LogP contribution < -0.4 is 40.7 Å². The highest BCUT2D eigenvalue weighted by Crippen LogP contribution is 2.18. The van der Waals surface area contributed by atoms with Crippen LogP contribution in [0.5, 0.6) is 23.0 Å². The summed E-state index contributed by atoms with van der Waals surface area (Å²) in [5.41, 5.74) is 5.35. The van der Waals surface area contributed by atoms with E-state index in [1.165, 1.54) is 10.9 Å². The Labute approximate surface area is 375 Å². The Morgan fingerprint density at radius 2 is 0.908 bits per heavy atom. The molecule has 0 fully saturated rings. The summed E-state index contributed by atoms with van der Waals surface area (Å²) in [6.45, 7) is 3.30. The van der Waals surface area contributed by atoms with Gasteiger partial charge in [-0.2, -0.15) is 0 Å². The molecule has 0 aliphatic carbocycles. The highest BCUT2D eigenvalue weighted by atomic mass is 16.5. The predicted molar refractivity (Wildman–Crippen MR) is 249 cm³/mol. The van der Waals surface area contributed by atoms with Gasteiger partial charge in [0.1, 0.15) is 28.8 Å². The molecule has 65 heavy (non-hydrogen) atoms. The molecular formula is C51H48N6O8. The lowest BCUT2D eigenvalue weighted by atomic mass is 10.1. The van der Waals surface area contributed by atoms with E-state index in [-0.39, 0.29) is 22.9 Å². The van der Waals surface area contributed by atoms with Crippen LogP contribution in [-0.2, 0) is 26.2 Å². The Balaban J connectivity index is 0.000000194. The van der Waals surface area contributed by atoms with Crippen molar-refractivity contribution in [1.82, 2.24) is 29.7 Å². The third-order valence-corrected chi connectivity index (χ3v) is 10.7. The van der Waals surface area contributed by atoms with Gasteiger partial charge in [-0.25, -0.2) is 9.97 Å². The summed E-state index contributed by atoms with van der Waals surface area (Å²) in [6.07, 6.45) is 1.53. The van der Waals surface area contributed by atoms with Crippen LogP contribution in [0.1, 0.15) is 48.8 Å². The summed E-state index contributed by atoms with van der Waals surface area (Å²) >= 11 is 0. The fourth-order valence-corrected chi connectivity index (χ4v) is 6.97. The first-order chi connectivity index (χ1) is 31.5. The minimum atomic E-state index is -0.257. The Hall–Kier alpha value is -8.26. The number of carbonyl (C=O) groups is 2.